The molecule has 0 unspecified atom stereocenters. The zero-order valence-corrected chi connectivity index (χ0v) is 12.6. The van der Waals surface area contributed by atoms with E-state index in [-0.39, 0.29) is 19.0 Å². The van der Waals surface area contributed by atoms with Gasteiger partial charge in [-0.1, -0.05) is 0 Å². The molecule has 1 heterocycles. The maximum Gasteiger partial charge on any atom is 0.404 e. The molecule has 0 aliphatic rings. The van der Waals surface area contributed by atoms with E-state index < -0.39 is 6.09 Å². The monoisotopic (exact) mass is 321 g/mol. The third-order valence-electron chi connectivity index (χ3n) is 2.82. The quantitative estimate of drug-likeness (QED) is 0.705. The van der Waals surface area contributed by atoms with E-state index in [4.69, 9.17) is 9.84 Å². The normalized spacial score (nSPS) is 10.0. The molecule has 2 amide bonds. The molecule has 1 aromatic heterocycles. The maximum absolute atomic E-state index is 12.1. The molecule has 2 aromatic rings. The van der Waals surface area contributed by atoms with Gasteiger partial charge in [-0.05, 0) is 29.8 Å². The number of benzene rings is 1. The Morgan fingerprint density at radius 2 is 1.91 bits per heavy atom. The van der Waals surface area contributed by atoms with Gasteiger partial charge in [-0.2, -0.15) is 0 Å². The number of hydrogen-bond donors (Lipinski definition) is 3. The van der Waals surface area contributed by atoms with Crippen LogP contribution in [0.2, 0.25) is 0 Å². The van der Waals surface area contributed by atoms with Crippen molar-refractivity contribution in [2.45, 2.75) is 0 Å². The number of amides is 2. The smallest absolute Gasteiger partial charge is 0.404 e. The first kappa shape index (κ1) is 15.8. The summed E-state index contributed by atoms with van der Waals surface area (Å²) in [5, 5.41) is 13.3. The number of ether oxygens (including phenoxy) is 1. The number of nitrogens with one attached hydrogen (secondary N) is 2. The number of carbonyl (C=O) groups is 2. The fourth-order valence-electron chi connectivity index (χ4n) is 1.78. The Kier molecular flexibility index (Phi) is 5.31. The molecule has 0 aliphatic carbocycles. The fourth-order valence-corrected chi connectivity index (χ4v) is 2.58. The van der Waals surface area contributed by atoms with Crippen LogP contribution in [0.25, 0.3) is 10.4 Å². The van der Waals surface area contributed by atoms with Crippen LogP contribution in [0.15, 0.2) is 29.8 Å². The average molecular weight is 321 g/mol. The van der Waals surface area contributed by atoms with Crippen molar-refractivity contribution >= 4 is 23.3 Å². The zero-order valence-electron chi connectivity index (χ0n) is 11.8. The Balaban J connectivity index is 2.04. The molecule has 0 radical (unpaired) electrons. The Hall–Kier alpha value is -2.61. The molecule has 116 valence electrons. The molecular weight excluding hydrogens is 306 g/mol. The number of carbonyl (C=O) groups excluding carboxylic acids is 1. The predicted octanol–water partition coefficient (Wildman–Crippen LogP) is 1.82. The molecule has 1 aromatic carbocycles. The van der Waals surface area contributed by atoms with Crippen molar-refractivity contribution in [1.29, 1.82) is 0 Å². The summed E-state index contributed by atoms with van der Waals surface area (Å²) >= 11 is 1.37. The first-order valence-electron chi connectivity index (χ1n) is 6.44. The van der Waals surface area contributed by atoms with E-state index in [2.05, 4.69) is 15.6 Å². The fraction of sp³-hybridized carbons (Fsp3) is 0.214. The van der Waals surface area contributed by atoms with Gasteiger partial charge in [0, 0.05) is 13.1 Å². The average Bonchev–Trinajstić information content (AvgIpc) is 3.01. The third kappa shape index (κ3) is 3.95. The third-order valence-corrected chi connectivity index (χ3v) is 3.70. The minimum absolute atomic E-state index is 0.142. The van der Waals surface area contributed by atoms with Gasteiger partial charge in [-0.3, -0.25) is 4.79 Å². The van der Waals surface area contributed by atoms with Crippen molar-refractivity contribution in [1.82, 2.24) is 15.6 Å². The molecule has 0 atom stereocenters. The number of rotatable bonds is 6. The number of hydrogen-bond acceptors (Lipinski definition) is 5. The molecule has 0 spiro atoms. The topological polar surface area (TPSA) is 101 Å². The van der Waals surface area contributed by atoms with Crippen molar-refractivity contribution in [2.24, 2.45) is 0 Å². The first-order chi connectivity index (χ1) is 10.6. The number of carboxylic acid groups (broad SMARTS) is 1. The van der Waals surface area contributed by atoms with Crippen LogP contribution in [-0.4, -0.2) is 42.3 Å². The largest absolute Gasteiger partial charge is 0.497 e. The number of nitrogens with zero attached hydrogens (tertiary/aromatic N) is 1. The Morgan fingerprint density at radius 1 is 1.23 bits per heavy atom. The molecule has 0 saturated carbocycles. The summed E-state index contributed by atoms with van der Waals surface area (Å²) in [6.45, 7) is 0.341. The molecule has 3 N–H and O–H groups in total. The Labute approximate surface area is 131 Å². The standard InChI is InChI=1S/C14H15N3O4S/c1-21-10-4-2-9(3-5-10)12-11(17-8-22-12)13(18)15-6-7-16-14(19)20/h2-5,8,16H,6-7H2,1H3,(H,15,18)(H,19,20). The van der Waals surface area contributed by atoms with E-state index in [9.17, 15) is 9.59 Å². The number of aromatic nitrogens is 1. The van der Waals surface area contributed by atoms with Crippen LogP contribution >= 0.6 is 11.3 Å². The summed E-state index contributed by atoms with van der Waals surface area (Å²) in [5.74, 6) is 0.401. The highest BCUT2D eigenvalue weighted by atomic mass is 32.1. The molecule has 2 rings (SSSR count). The molecule has 0 bridgehead atoms. The summed E-state index contributed by atoms with van der Waals surface area (Å²) < 4.78 is 5.10. The molecule has 22 heavy (non-hydrogen) atoms. The van der Waals surface area contributed by atoms with Crippen LogP contribution in [0, 0.1) is 0 Å². The molecule has 7 nitrogen and oxygen atoms in total. The first-order valence-corrected chi connectivity index (χ1v) is 7.32. The second-order valence-electron chi connectivity index (χ2n) is 4.25. The Morgan fingerprint density at radius 3 is 2.55 bits per heavy atom. The van der Waals surface area contributed by atoms with Crippen LogP contribution < -0.4 is 15.4 Å². The lowest BCUT2D eigenvalue weighted by Crippen LogP contribution is -2.34. The summed E-state index contributed by atoms with van der Waals surface area (Å²) in [6.07, 6.45) is -1.12. The number of methoxy groups -OCH3 is 1. The van der Waals surface area contributed by atoms with Gasteiger partial charge in [-0.15, -0.1) is 11.3 Å². The van der Waals surface area contributed by atoms with Crippen LogP contribution in [0.3, 0.4) is 0 Å². The van der Waals surface area contributed by atoms with Crippen LogP contribution in [0.5, 0.6) is 5.75 Å². The van der Waals surface area contributed by atoms with E-state index in [1.807, 2.05) is 24.3 Å². The molecular formula is C14H15N3O4S. The van der Waals surface area contributed by atoms with Gasteiger partial charge in [-0.25, -0.2) is 9.78 Å². The van der Waals surface area contributed by atoms with Crippen LogP contribution in [0.1, 0.15) is 10.5 Å². The van der Waals surface area contributed by atoms with Crippen molar-refractivity contribution in [3.63, 3.8) is 0 Å². The SMILES string of the molecule is COc1ccc(-c2scnc2C(=O)NCCNC(=O)O)cc1. The van der Waals surface area contributed by atoms with Gasteiger partial charge in [0.05, 0.1) is 17.5 Å². The van der Waals surface area contributed by atoms with Gasteiger partial charge in [0.15, 0.2) is 0 Å². The summed E-state index contributed by atoms with van der Waals surface area (Å²) in [7, 11) is 1.59. The van der Waals surface area contributed by atoms with Gasteiger partial charge >= 0.3 is 6.09 Å². The lowest BCUT2D eigenvalue weighted by atomic mass is 10.1. The summed E-state index contributed by atoms with van der Waals surface area (Å²) in [6, 6.07) is 7.34. The van der Waals surface area contributed by atoms with E-state index >= 15 is 0 Å². The van der Waals surface area contributed by atoms with E-state index in [0.29, 0.717) is 5.69 Å². The Bertz CT molecular complexity index is 654. The van der Waals surface area contributed by atoms with Crippen LogP contribution in [-0.2, 0) is 0 Å². The molecule has 0 aliphatic heterocycles. The van der Waals surface area contributed by atoms with Gasteiger partial charge in [0.25, 0.3) is 5.91 Å². The highest BCUT2D eigenvalue weighted by Crippen LogP contribution is 2.29. The highest BCUT2D eigenvalue weighted by molar-refractivity contribution is 7.13. The van der Waals surface area contributed by atoms with E-state index in [1.54, 1.807) is 12.6 Å². The second kappa shape index (κ2) is 7.41. The van der Waals surface area contributed by atoms with Crippen LogP contribution in [0.4, 0.5) is 4.79 Å². The minimum atomic E-state index is -1.12. The highest BCUT2D eigenvalue weighted by Gasteiger charge is 2.16. The zero-order chi connectivity index (χ0) is 15.9. The van der Waals surface area contributed by atoms with Crippen molar-refractivity contribution < 1.29 is 19.4 Å². The minimum Gasteiger partial charge on any atom is -0.497 e. The lowest BCUT2D eigenvalue weighted by molar-refractivity contribution is 0.0949. The van der Waals surface area contributed by atoms with Crippen molar-refractivity contribution in [3.05, 3.63) is 35.5 Å². The number of thiazole rings is 1. The van der Waals surface area contributed by atoms with Gasteiger partial charge in [0.2, 0.25) is 0 Å². The molecule has 0 saturated heterocycles. The summed E-state index contributed by atoms with van der Waals surface area (Å²) in [5.41, 5.74) is 2.80. The predicted molar refractivity (Wildman–Crippen MR) is 82.5 cm³/mol. The van der Waals surface area contributed by atoms with Crippen molar-refractivity contribution in [2.75, 3.05) is 20.2 Å². The van der Waals surface area contributed by atoms with Crippen molar-refractivity contribution in [3.8, 4) is 16.2 Å². The summed E-state index contributed by atoms with van der Waals surface area (Å²) in [4.78, 5) is 27.3. The molecule has 0 fully saturated rings. The van der Waals surface area contributed by atoms with E-state index in [0.717, 1.165) is 16.2 Å². The molecule has 8 heteroatoms. The van der Waals surface area contributed by atoms with Gasteiger partial charge < -0.3 is 20.5 Å². The lowest BCUT2D eigenvalue weighted by Gasteiger charge is -2.06. The van der Waals surface area contributed by atoms with Gasteiger partial charge in [0.1, 0.15) is 11.4 Å². The maximum atomic E-state index is 12.1. The second-order valence-corrected chi connectivity index (χ2v) is 5.10. The van der Waals surface area contributed by atoms with E-state index in [1.165, 1.54) is 11.3 Å².